The Kier molecular flexibility index (Phi) is 41.3. The summed E-state index contributed by atoms with van der Waals surface area (Å²) in [7, 11) is 0. The van der Waals surface area contributed by atoms with Crippen LogP contribution in [0.5, 0.6) is 0 Å². The van der Waals surface area contributed by atoms with Crippen molar-refractivity contribution in [3.05, 3.63) is 36.5 Å². The van der Waals surface area contributed by atoms with Crippen molar-refractivity contribution < 1.29 is 24.5 Å². The number of aliphatic hydroxyl groups excluding tert-OH is 2. The highest BCUT2D eigenvalue weighted by Gasteiger charge is 2.19. The van der Waals surface area contributed by atoms with E-state index in [2.05, 4.69) is 49.5 Å². The second-order valence-corrected chi connectivity index (χ2v) is 15.4. The molecule has 0 aromatic heterocycles. The van der Waals surface area contributed by atoms with Crippen molar-refractivity contribution in [1.82, 2.24) is 5.32 Å². The van der Waals surface area contributed by atoms with Gasteiger partial charge in [-0.3, -0.25) is 9.59 Å². The smallest absolute Gasteiger partial charge is 0.305 e. The second kappa shape index (κ2) is 42.8. The SMILES string of the molecule is CCCC/C=C\CCCCCCCC(=O)OCCCCCCCC/C=C\C/C=C\CCC(=O)NC(CO)C(O)CCCCCCCCCCCCCC. The number of nitrogens with one attached hydrogen (secondary N) is 1. The number of unbranched alkanes of at least 4 members (excludes halogenated alkanes) is 24. The minimum Gasteiger partial charge on any atom is -0.466 e. The van der Waals surface area contributed by atoms with Crippen LogP contribution in [0.1, 0.15) is 226 Å². The van der Waals surface area contributed by atoms with Gasteiger partial charge in [0, 0.05) is 12.8 Å². The maximum Gasteiger partial charge on any atom is 0.305 e. The molecule has 0 aliphatic carbocycles. The summed E-state index contributed by atoms with van der Waals surface area (Å²) in [4.78, 5) is 24.3. The average molecular weight is 746 g/mol. The number of aliphatic hydroxyl groups is 2. The summed E-state index contributed by atoms with van der Waals surface area (Å²) < 4.78 is 5.42. The lowest BCUT2D eigenvalue weighted by molar-refractivity contribution is -0.143. The molecule has 310 valence electrons. The first-order valence-corrected chi connectivity index (χ1v) is 22.7. The third-order valence-corrected chi connectivity index (χ3v) is 10.2. The molecule has 1 amide bonds. The number of carbonyl (C=O) groups is 2. The number of hydrogen-bond donors (Lipinski definition) is 3. The Morgan fingerprint density at radius 1 is 0.528 bits per heavy atom. The molecule has 0 spiro atoms. The van der Waals surface area contributed by atoms with E-state index in [9.17, 15) is 19.8 Å². The molecule has 0 saturated carbocycles. The molecule has 53 heavy (non-hydrogen) atoms. The van der Waals surface area contributed by atoms with E-state index in [1.165, 1.54) is 135 Å². The van der Waals surface area contributed by atoms with Crippen molar-refractivity contribution >= 4 is 11.9 Å². The predicted molar refractivity (Wildman–Crippen MR) is 227 cm³/mol. The van der Waals surface area contributed by atoms with Crippen LogP contribution in [0.4, 0.5) is 0 Å². The second-order valence-electron chi connectivity index (χ2n) is 15.4. The normalized spacial score (nSPS) is 13.1. The van der Waals surface area contributed by atoms with Gasteiger partial charge in [-0.15, -0.1) is 0 Å². The summed E-state index contributed by atoms with van der Waals surface area (Å²) in [6.45, 7) is 4.82. The van der Waals surface area contributed by atoms with Crippen molar-refractivity contribution in [2.24, 2.45) is 0 Å². The lowest BCUT2D eigenvalue weighted by Gasteiger charge is -2.22. The van der Waals surface area contributed by atoms with E-state index in [-0.39, 0.29) is 18.5 Å². The number of ether oxygens (including phenoxy) is 1. The summed E-state index contributed by atoms with van der Waals surface area (Å²) in [5.41, 5.74) is 0. The molecule has 0 aliphatic rings. The lowest BCUT2D eigenvalue weighted by Crippen LogP contribution is -2.45. The highest BCUT2D eigenvalue weighted by molar-refractivity contribution is 5.76. The Morgan fingerprint density at radius 3 is 1.55 bits per heavy atom. The standard InChI is InChI=1S/C47H87NO5/c1-3-5-7-9-11-13-15-20-23-27-31-35-39-45(50)44(43-49)48-46(51)40-36-32-28-24-21-17-16-18-22-26-30-34-38-42-53-47(52)41-37-33-29-25-19-14-12-10-8-6-4-2/h10,12,17,21,28,32,44-45,49-50H,3-9,11,13-16,18-20,22-27,29-31,33-43H2,1-2H3,(H,48,51)/b12-10-,21-17-,32-28-. The first-order valence-electron chi connectivity index (χ1n) is 22.7. The van der Waals surface area contributed by atoms with Crippen LogP contribution in [0.2, 0.25) is 0 Å². The molecule has 6 nitrogen and oxygen atoms in total. The Labute approximate surface area is 328 Å². The molecule has 0 fully saturated rings. The average Bonchev–Trinajstić information content (AvgIpc) is 3.16. The van der Waals surface area contributed by atoms with E-state index in [4.69, 9.17) is 4.74 Å². The molecule has 0 radical (unpaired) electrons. The maximum absolute atomic E-state index is 12.4. The van der Waals surface area contributed by atoms with Gasteiger partial charge in [-0.25, -0.2) is 0 Å². The number of hydrogen-bond acceptors (Lipinski definition) is 5. The van der Waals surface area contributed by atoms with Crippen molar-refractivity contribution in [2.45, 2.75) is 238 Å². The fourth-order valence-corrected chi connectivity index (χ4v) is 6.61. The van der Waals surface area contributed by atoms with Gasteiger partial charge in [0.1, 0.15) is 0 Å². The third kappa shape index (κ3) is 39.6. The van der Waals surface area contributed by atoms with E-state index in [1.807, 2.05) is 6.08 Å². The molecular formula is C47H87NO5. The van der Waals surface area contributed by atoms with Gasteiger partial charge < -0.3 is 20.3 Å². The van der Waals surface area contributed by atoms with Gasteiger partial charge in [-0.2, -0.15) is 0 Å². The van der Waals surface area contributed by atoms with Crippen LogP contribution >= 0.6 is 0 Å². The Hall–Kier alpha value is -1.92. The van der Waals surface area contributed by atoms with Crippen LogP contribution in [0.3, 0.4) is 0 Å². The summed E-state index contributed by atoms with van der Waals surface area (Å²) in [5.74, 6) is -0.147. The van der Waals surface area contributed by atoms with Gasteiger partial charge in [0.25, 0.3) is 0 Å². The fraction of sp³-hybridized carbons (Fsp3) is 0.830. The first-order chi connectivity index (χ1) is 26.0. The first kappa shape index (κ1) is 51.1. The van der Waals surface area contributed by atoms with Crippen LogP contribution < -0.4 is 5.32 Å². The zero-order valence-electron chi connectivity index (χ0n) is 35.0. The fourth-order valence-electron chi connectivity index (χ4n) is 6.61. The number of allylic oxidation sites excluding steroid dienone is 6. The van der Waals surface area contributed by atoms with Crippen molar-refractivity contribution in [3.63, 3.8) is 0 Å². The number of rotatable bonds is 41. The molecule has 0 saturated heterocycles. The van der Waals surface area contributed by atoms with Gasteiger partial charge in [0.05, 0.1) is 25.4 Å². The molecule has 0 rings (SSSR count). The van der Waals surface area contributed by atoms with Crippen molar-refractivity contribution in [3.8, 4) is 0 Å². The zero-order valence-corrected chi connectivity index (χ0v) is 35.0. The van der Waals surface area contributed by atoms with E-state index < -0.39 is 12.1 Å². The molecule has 0 bridgehead atoms. The van der Waals surface area contributed by atoms with E-state index in [0.717, 1.165) is 51.4 Å². The number of amides is 1. The van der Waals surface area contributed by atoms with E-state index in [1.54, 1.807) is 0 Å². The Morgan fingerprint density at radius 2 is 0.981 bits per heavy atom. The van der Waals surface area contributed by atoms with Crippen molar-refractivity contribution in [1.29, 1.82) is 0 Å². The van der Waals surface area contributed by atoms with Crippen LogP contribution in [0.15, 0.2) is 36.5 Å². The van der Waals surface area contributed by atoms with Gasteiger partial charge in [0.2, 0.25) is 5.91 Å². The maximum atomic E-state index is 12.4. The Bertz CT molecular complexity index is 869. The summed E-state index contributed by atoms with van der Waals surface area (Å²) in [5, 5.41) is 23.0. The Balaban J connectivity index is 3.59. The molecule has 2 unspecified atom stereocenters. The predicted octanol–water partition coefficient (Wildman–Crippen LogP) is 12.9. The molecule has 0 aromatic carbocycles. The monoisotopic (exact) mass is 746 g/mol. The molecule has 6 heteroatoms. The lowest BCUT2D eigenvalue weighted by atomic mass is 10.0. The van der Waals surface area contributed by atoms with Gasteiger partial charge in [-0.05, 0) is 64.2 Å². The van der Waals surface area contributed by atoms with Gasteiger partial charge in [0.15, 0.2) is 0 Å². The van der Waals surface area contributed by atoms with Crippen LogP contribution in [0.25, 0.3) is 0 Å². The minimum absolute atomic E-state index is 0.0292. The molecular weight excluding hydrogens is 659 g/mol. The zero-order chi connectivity index (χ0) is 38.7. The molecule has 0 aliphatic heterocycles. The van der Waals surface area contributed by atoms with Gasteiger partial charge in [-0.1, -0.05) is 185 Å². The minimum atomic E-state index is -0.697. The summed E-state index contributed by atoms with van der Waals surface area (Å²) in [6, 6.07) is -0.584. The largest absolute Gasteiger partial charge is 0.466 e. The van der Waals surface area contributed by atoms with E-state index >= 15 is 0 Å². The van der Waals surface area contributed by atoms with E-state index in [0.29, 0.717) is 32.3 Å². The van der Waals surface area contributed by atoms with Crippen LogP contribution in [-0.4, -0.2) is 47.4 Å². The molecule has 0 aromatic rings. The number of esters is 1. The molecule has 0 heterocycles. The quantitative estimate of drug-likeness (QED) is 0.0329. The molecule has 2 atom stereocenters. The van der Waals surface area contributed by atoms with Gasteiger partial charge >= 0.3 is 5.97 Å². The summed E-state index contributed by atoms with van der Waals surface area (Å²) >= 11 is 0. The topological polar surface area (TPSA) is 95.9 Å². The highest BCUT2D eigenvalue weighted by atomic mass is 16.5. The third-order valence-electron chi connectivity index (χ3n) is 10.2. The molecule has 3 N–H and O–H groups in total. The highest BCUT2D eigenvalue weighted by Crippen LogP contribution is 2.15. The number of carbonyl (C=O) groups excluding carboxylic acids is 2. The van der Waals surface area contributed by atoms with Crippen LogP contribution in [0, 0.1) is 0 Å². The van der Waals surface area contributed by atoms with Crippen molar-refractivity contribution in [2.75, 3.05) is 13.2 Å². The summed E-state index contributed by atoms with van der Waals surface area (Å²) in [6.07, 6.45) is 49.7. The van der Waals surface area contributed by atoms with Crippen LogP contribution in [-0.2, 0) is 14.3 Å².